The largest absolute Gasteiger partial charge is 0.444 e. The summed E-state index contributed by atoms with van der Waals surface area (Å²) in [6.45, 7) is 6.44. The zero-order valence-corrected chi connectivity index (χ0v) is 21.4. The monoisotopic (exact) mass is 527 g/mol. The van der Waals surface area contributed by atoms with Crippen molar-refractivity contribution in [1.29, 1.82) is 0 Å². The van der Waals surface area contributed by atoms with Crippen LogP contribution in [0, 0.1) is 0 Å². The quantitative estimate of drug-likeness (QED) is 0.258. The summed E-state index contributed by atoms with van der Waals surface area (Å²) in [5, 5.41) is 4.75. The Balaban J connectivity index is 1.86. The van der Waals surface area contributed by atoms with Crippen molar-refractivity contribution < 1.29 is 32.3 Å². The SMILES string of the molecule is CCc1cc(NC(=O)OC(C)(C)C)c(NC(=O)CC(=O)c2cccc(-c3cccnc3)c2)cc1C(F)(F)F. The molecule has 1 aromatic heterocycles. The number of ketones is 1. The van der Waals surface area contributed by atoms with Crippen LogP contribution in [0.25, 0.3) is 11.1 Å². The van der Waals surface area contributed by atoms with Gasteiger partial charge in [-0.05, 0) is 62.6 Å². The van der Waals surface area contributed by atoms with Gasteiger partial charge in [-0.25, -0.2) is 4.79 Å². The number of ether oxygens (including phenoxy) is 1. The minimum Gasteiger partial charge on any atom is -0.444 e. The van der Waals surface area contributed by atoms with Crippen molar-refractivity contribution in [2.24, 2.45) is 0 Å². The summed E-state index contributed by atoms with van der Waals surface area (Å²) in [7, 11) is 0. The topological polar surface area (TPSA) is 97.4 Å². The highest BCUT2D eigenvalue weighted by molar-refractivity contribution is 6.12. The number of alkyl halides is 3. The molecular weight excluding hydrogens is 499 g/mol. The summed E-state index contributed by atoms with van der Waals surface area (Å²) >= 11 is 0. The van der Waals surface area contributed by atoms with Crippen LogP contribution < -0.4 is 10.6 Å². The lowest BCUT2D eigenvalue weighted by molar-refractivity contribution is -0.138. The van der Waals surface area contributed by atoms with Crippen LogP contribution in [0.3, 0.4) is 0 Å². The van der Waals surface area contributed by atoms with E-state index in [4.69, 9.17) is 4.74 Å². The first kappa shape index (κ1) is 28.4. The molecule has 0 aliphatic heterocycles. The third-order valence-corrected chi connectivity index (χ3v) is 5.34. The molecule has 2 amide bonds. The average molecular weight is 528 g/mol. The van der Waals surface area contributed by atoms with Crippen LogP contribution >= 0.6 is 0 Å². The second-order valence-corrected chi connectivity index (χ2v) is 9.50. The summed E-state index contributed by atoms with van der Waals surface area (Å²) in [4.78, 5) is 42.0. The number of hydrogen-bond donors (Lipinski definition) is 2. The van der Waals surface area contributed by atoms with E-state index in [0.717, 1.165) is 23.3 Å². The number of aryl methyl sites for hydroxylation is 1. The van der Waals surface area contributed by atoms with Gasteiger partial charge in [-0.1, -0.05) is 31.2 Å². The Bertz CT molecular complexity index is 1330. The number of nitrogens with one attached hydrogen (secondary N) is 2. The molecule has 10 heteroatoms. The summed E-state index contributed by atoms with van der Waals surface area (Å²) in [5.41, 5.74) is -0.524. The Hall–Kier alpha value is -4.21. The third kappa shape index (κ3) is 7.64. The number of nitrogens with zero attached hydrogens (tertiary/aromatic N) is 1. The van der Waals surface area contributed by atoms with Gasteiger partial charge in [-0.3, -0.25) is 19.9 Å². The molecule has 0 unspecified atom stereocenters. The number of carbonyl (C=O) groups is 3. The highest BCUT2D eigenvalue weighted by Gasteiger charge is 2.34. The average Bonchev–Trinajstić information content (AvgIpc) is 2.83. The second-order valence-electron chi connectivity index (χ2n) is 9.50. The Morgan fingerprint density at radius 3 is 2.21 bits per heavy atom. The molecule has 0 saturated heterocycles. The fraction of sp³-hybridized carbons (Fsp3) is 0.286. The van der Waals surface area contributed by atoms with E-state index in [1.807, 2.05) is 6.07 Å². The first-order valence-corrected chi connectivity index (χ1v) is 11.8. The fourth-order valence-electron chi connectivity index (χ4n) is 3.67. The van der Waals surface area contributed by atoms with E-state index in [1.165, 1.54) is 0 Å². The molecule has 0 fully saturated rings. The van der Waals surface area contributed by atoms with E-state index in [9.17, 15) is 27.6 Å². The van der Waals surface area contributed by atoms with Crippen molar-refractivity contribution in [3.63, 3.8) is 0 Å². The number of halogens is 3. The molecule has 0 radical (unpaired) electrons. The first-order chi connectivity index (χ1) is 17.8. The number of hydrogen-bond acceptors (Lipinski definition) is 5. The minimum atomic E-state index is -4.70. The molecule has 0 aliphatic rings. The lowest BCUT2D eigenvalue weighted by Gasteiger charge is -2.22. The number of pyridine rings is 1. The van der Waals surface area contributed by atoms with Crippen molar-refractivity contribution in [3.05, 3.63) is 77.6 Å². The van der Waals surface area contributed by atoms with Gasteiger partial charge in [-0.15, -0.1) is 0 Å². The summed E-state index contributed by atoms with van der Waals surface area (Å²) in [5.74, 6) is -1.37. The number of anilines is 2. The van der Waals surface area contributed by atoms with Gasteiger partial charge in [0, 0.05) is 23.5 Å². The summed E-state index contributed by atoms with van der Waals surface area (Å²) in [6, 6.07) is 12.1. The molecule has 7 nitrogen and oxygen atoms in total. The molecule has 0 saturated carbocycles. The molecule has 0 spiro atoms. The van der Waals surface area contributed by atoms with E-state index in [-0.39, 0.29) is 28.9 Å². The lowest BCUT2D eigenvalue weighted by Crippen LogP contribution is -2.28. The molecule has 0 atom stereocenters. The highest BCUT2D eigenvalue weighted by Crippen LogP contribution is 2.38. The zero-order chi connectivity index (χ0) is 28.1. The highest BCUT2D eigenvalue weighted by atomic mass is 19.4. The third-order valence-electron chi connectivity index (χ3n) is 5.34. The molecular formula is C28H28F3N3O4. The Kier molecular flexibility index (Phi) is 8.55. The van der Waals surface area contributed by atoms with Crippen LogP contribution in [0.1, 0.15) is 55.6 Å². The summed E-state index contributed by atoms with van der Waals surface area (Å²) < 4.78 is 46.3. The van der Waals surface area contributed by atoms with Crippen LogP contribution in [0.4, 0.5) is 29.3 Å². The number of Topliss-reactive ketones (excluding diaryl/α,β-unsaturated/α-hetero) is 1. The van der Waals surface area contributed by atoms with Gasteiger partial charge in [-0.2, -0.15) is 13.2 Å². The Labute approximate surface area is 218 Å². The van der Waals surface area contributed by atoms with Crippen molar-refractivity contribution in [2.45, 2.75) is 52.3 Å². The number of aromatic nitrogens is 1. The molecule has 38 heavy (non-hydrogen) atoms. The van der Waals surface area contributed by atoms with Crippen LogP contribution in [-0.2, 0) is 22.1 Å². The smallest absolute Gasteiger partial charge is 0.416 e. The number of carbonyl (C=O) groups excluding carboxylic acids is 3. The first-order valence-electron chi connectivity index (χ1n) is 11.8. The van der Waals surface area contributed by atoms with Crippen molar-refractivity contribution >= 4 is 29.2 Å². The molecule has 200 valence electrons. The van der Waals surface area contributed by atoms with E-state index in [0.29, 0.717) is 0 Å². The molecule has 3 rings (SSSR count). The van der Waals surface area contributed by atoms with Gasteiger partial charge in [0.15, 0.2) is 5.78 Å². The van der Waals surface area contributed by atoms with Gasteiger partial charge < -0.3 is 10.1 Å². The maximum absolute atomic E-state index is 13.7. The number of rotatable bonds is 7. The maximum atomic E-state index is 13.7. The number of amides is 2. The van der Waals surface area contributed by atoms with E-state index in [2.05, 4.69) is 15.6 Å². The van der Waals surface area contributed by atoms with E-state index in [1.54, 1.807) is 70.4 Å². The van der Waals surface area contributed by atoms with Crippen molar-refractivity contribution in [2.75, 3.05) is 10.6 Å². The molecule has 1 heterocycles. The second kappa shape index (κ2) is 11.5. The summed E-state index contributed by atoms with van der Waals surface area (Å²) in [6.07, 6.45) is -2.95. The van der Waals surface area contributed by atoms with Crippen LogP contribution in [0.5, 0.6) is 0 Å². The van der Waals surface area contributed by atoms with E-state index >= 15 is 0 Å². The molecule has 0 bridgehead atoms. The van der Waals surface area contributed by atoms with Gasteiger partial charge >= 0.3 is 12.3 Å². The van der Waals surface area contributed by atoms with Crippen molar-refractivity contribution in [3.8, 4) is 11.1 Å². The number of benzene rings is 2. The predicted octanol–water partition coefficient (Wildman–Crippen LogP) is 6.89. The Morgan fingerprint density at radius 1 is 0.921 bits per heavy atom. The van der Waals surface area contributed by atoms with Gasteiger partial charge in [0.05, 0.1) is 23.4 Å². The predicted molar refractivity (Wildman–Crippen MR) is 138 cm³/mol. The zero-order valence-electron chi connectivity index (χ0n) is 21.4. The Morgan fingerprint density at radius 2 is 1.61 bits per heavy atom. The molecule has 2 N–H and O–H groups in total. The molecule has 3 aromatic rings. The van der Waals surface area contributed by atoms with Crippen LogP contribution in [-0.4, -0.2) is 28.4 Å². The maximum Gasteiger partial charge on any atom is 0.416 e. The molecule has 2 aromatic carbocycles. The van der Waals surface area contributed by atoms with Gasteiger partial charge in [0.1, 0.15) is 5.60 Å². The van der Waals surface area contributed by atoms with Crippen LogP contribution in [0.15, 0.2) is 60.9 Å². The normalized spacial score (nSPS) is 11.6. The van der Waals surface area contributed by atoms with Gasteiger partial charge in [0.2, 0.25) is 5.91 Å². The van der Waals surface area contributed by atoms with Gasteiger partial charge in [0.25, 0.3) is 0 Å². The van der Waals surface area contributed by atoms with Crippen molar-refractivity contribution in [1.82, 2.24) is 4.98 Å². The van der Waals surface area contributed by atoms with E-state index < -0.39 is 41.5 Å². The lowest BCUT2D eigenvalue weighted by atomic mass is 10.0. The van der Waals surface area contributed by atoms with Crippen LogP contribution in [0.2, 0.25) is 0 Å². The fourth-order valence-corrected chi connectivity index (χ4v) is 3.67. The standard InChI is InChI=1S/C28H28F3N3O4/c1-5-17-13-22(34-26(37)38-27(2,3)4)23(14-21(17)28(29,30)31)33-25(36)15-24(35)19-9-6-8-18(12-19)20-10-7-11-32-16-20/h6-14,16H,5,15H2,1-4H3,(H,33,36)(H,34,37). The minimum absolute atomic E-state index is 0.0256. The molecule has 0 aliphatic carbocycles.